The first-order valence-electron chi connectivity index (χ1n) is 7.64. The van der Waals surface area contributed by atoms with Gasteiger partial charge in [0.15, 0.2) is 0 Å². The topological polar surface area (TPSA) is 12.0 Å². The summed E-state index contributed by atoms with van der Waals surface area (Å²) in [6.07, 6.45) is 6.04. The highest BCUT2D eigenvalue weighted by Gasteiger charge is 2.14. The van der Waals surface area contributed by atoms with Crippen molar-refractivity contribution in [3.63, 3.8) is 0 Å². The maximum absolute atomic E-state index is 6.27. The molecule has 1 aromatic carbocycles. The van der Waals surface area contributed by atoms with Crippen molar-refractivity contribution in [2.45, 2.75) is 58.9 Å². The molecule has 108 valence electrons. The molecule has 0 spiro atoms. The van der Waals surface area contributed by atoms with Crippen LogP contribution in [0.4, 0.5) is 0 Å². The van der Waals surface area contributed by atoms with E-state index in [9.17, 15) is 0 Å². The molecule has 19 heavy (non-hydrogen) atoms. The number of halogens is 1. The van der Waals surface area contributed by atoms with E-state index in [1.165, 1.54) is 31.2 Å². The summed E-state index contributed by atoms with van der Waals surface area (Å²) < 4.78 is 0. The van der Waals surface area contributed by atoms with Crippen molar-refractivity contribution < 1.29 is 0 Å². The third kappa shape index (κ3) is 6.44. The fourth-order valence-electron chi connectivity index (χ4n) is 2.61. The Morgan fingerprint density at radius 1 is 1.16 bits per heavy atom. The molecule has 0 fully saturated rings. The minimum absolute atomic E-state index is 0.543. The van der Waals surface area contributed by atoms with Gasteiger partial charge in [0, 0.05) is 11.1 Å². The van der Waals surface area contributed by atoms with Gasteiger partial charge in [0.25, 0.3) is 0 Å². The van der Waals surface area contributed by atoms with Crippen LogP contribution in [0, 0.1) is 5.92 Å². The van der Waals surface area contributed by atoms with E-state index in [4.69, 9.17) is 11.6 Å². The largest absolute Gasteiger partial charge is 0.314 e. The van der Waals surface area contributed by atoms with E-state index in [1.54, 1.807) is 0 Å². The summed E-state index contributed by atoms with van der Waals surface area (Å²) in [5.74, 6) is 0.779. The Hall–Kier alpha value is -0.530. The molecule has 0 radical (unpaired) electrons. The van der Waals surface area contributed by atoms with Gasteiger partial charge in [0.1, 0.15) is 0 Å². The van der Waals surface area contributed by atoms with Crippen molar-refractivity contribution in [1.29, 1.82) is 0 Å². The zero-order chi connectivity index (χ0) is 14.1. The molecule has 2 atom stereocenters. The van der Waals surface area contributed by atoms with Crippen molar-refractivity contribution >= 4 is 11.6 Å². The average Bonchev–Trinajstić information content (AvgIpc) is 2.39. The third-order valence-corrected chi connectivity index (χ3v) is 3.94. The van der Waals surface area contributed by atoms with Crippen LogP contribution in [0.2, 0.25) is 5.02 Å². The highest BCUT2D eigenvalue weighted by Crippen LogP contribution is 2.20. The maximum Gasteiger partial charge on any atom is 0.0438 e. The first-order chi connectivity index (χ1) is 9.17. The van der Waals surface area contributed by atoms with Crippen LogP contribution in [0.15, 0.2) is 24.3 Å². The molecule has 0 amide bonds. The molecule has 0 saturated carbocycles. The third-order valence-electron chi connectivity index (χ3n) is 3.58. The summed E-state index contributed by atoms with van der Waals surface area (Å²) >= 11 is 6.27. The van der Waals surface area contributed by atoms with E-state index in [0.29, 0.717) is 6.04 Å². The number of hydrogen-bond acceptors (Lipinski definition) is 1. The molecule has 2 unspecified atom stereocenters. The molecule has 1 N–H and O–H groups in total. The Morgan fingerprint density at radius 2 is 1.89 bits per heavy atom. The van der Waals surface area contributed by atoms with E-state index in [-0.39, 0.29) is 0 Å². The molecule has 0 aliphatic heterocycles. The van der Waals surface area contributed by atoms with E-state index < -0.39 is 0 Å². The molecule has 0 aliphatic rings. The fraction of sp³-hybridized carbons (Fsp3) is 0.647. The Kier molecular flexibility index (Phi) is 8.16. The van der Waals surface area contributed by atoms with E-state index in [1.807, 2.05) is 12.1 Å². The van der Waals surface area contributed by atoms with E-state index in [2.05, 4.69) is 38.2 Å². The predicted molar refractivity (Wildman–Crippen MR) is 85.9 cm³/mol. The van der Waals surface area contributed by atoms with Crippen LogP contribution in [0.1, 0.15) is 52.0 Å². The maximum atomic E-state index is 6.27. The lowest BCUT2D eigenvalue weighted by Gasteiger charge is -2.22. The van der Waals surface area contributed by atoms with Gasteiger partial charge >= 0.3 is 0 Å². The first kappa shape index (κ1) is 16.5. The van der Waals surface area contributed by atoms with Gasteiger partial charge in [-0.2, -0.15) is 0 Å². The first-order valence-corrected chi connectivity index (χ1v) is 8.01. The quantitative estimate of drug-likeness (QED) is 0.666. The van der Waals surface area contributed by atoms with Crippen LogP contribution >= 0.6 is 11.6 Å². The second-order valence-electron chi connectivity index (χ2n) is 5.58. The molecule has 0 aromatic heterocycles. The van der Waals surface area contributed by atoms with Crippen LogP contribution in [0.3, 0.4) is 0 Å². The van der Waals surface area contributed by atoms with Gasteiger partial charge in [-0.15, -0.1) is 0 Å². The van der Waals surface area contributed by atoms with Crippen molar-refractivity contribution in [3.8, 4) is 0 Å². The average molecular weight is 282 g/mol. The number of hydrogen-bond donors (Lipinski definition) is 1. The Labute approximate surface area is 123 Å². The lowest BCUT2D eigenvalue weighted by atomic mass is 9.93. The molecule has 1 aromatic rings. The lowest BCUT2D eigenvalue weighted by molar-refractivity contribution is 0.381. The molecule has 2 heteroatoms. The van der Waals surface area contributed by atoms with Gasteiger partial charge in [-0.3, -0.25) is 0 Å². The SMILES string of the molecule is CCCNC(Cc1ccccc1Cl)CC(C)CCC. The van der Waals surface area contributed by atoms with Gasteiger partial charge < -0.3 is 5.32 Å². The number of nitrogens with one attached hydrogen (secondary N) is 1. The van der Waals surface area contributed by atoms with Gasteiger partial charge in [-0.05, 0) is 43.4 Å². The van der Waals surface area contributed by atoms with Crippen LogP contribution in [-0.2, 0) is 6.42 Å². The van der Waals surface area contributed by atoms with Gasteiger partial charge in [-0.25, -0.2) is 0 Å². The van der Waals surface area contributed by atoms with Crippen molar-refractivity contribution in [2.24, 2.45) is 5.92 Å². The van der Waals surface area contributed by atoms with Crippen LogP contribution in [0.5, 0.6) is 0 Å². The van der Waals surface area contributed by atoms with Gasteiger partial charge in [0.2, 0.25) is 0 Å². The number of benzene rings is 1. The Balaban J connectivity index is 2.60. The Bertz CT molecular complexity index is 351. The predicted octanol–water partition coefficient (Wildman–Crippen LogP) is 5.08. The van der Waals surface area contributed by atoms with Crippen LogP contribution in [-0.4, -0.2) is 12.6 Å². The molecule has 0 aliphatic carbocycles. The summed E-state index contributed by atoms with van der Waals surface area (Å²) in [5, 5.41) is 4.57. The molecule has 0 saturated heterocycles. The summed E-state index contributed by atoms with van der Waals surface area (Å²) in [6.45, 7) is 7.93. The molecule has 1 rings (SSSR count). The highest BCUT2D eigenvalue weighted by molar-refractivity contribution is 6.31. The minimum atomic E-state index is 0.543. The highest BCUT2D eigenvalue weighted by atomic mass is 35.5. The summed E-state index contributed by atoms with van der Waals surface area (Å²) in [5.41, 5.74) is 1.27. The van der Waals surface area contributed by atoms with Crippen LogP contribution < -0.4 is 5.32 Å². The monoisotopic (exact) mass is 281 g/mol. The summed E-state index contributed by atoms with van der Waals surface area (Å²) in [6, 6.07) is 8.76. The van der Waals surface area contributed by atoms with E-state index in [0.717, 1.165) is 23.9 Å². The minimum Gasteiger partial charge on any atom is -0.314 e. The van der Waals surface area contributed by atoms with Crippen LogP contribution in [0.25, 0.3) is 0 Å². The van der Waals surface area contributed by atoms with Gasteiger partial charge in [-0.1, -0.05) is 63.4 Å². The smallest absolute Gasteiger partial charge is 0.0438 e. The lowest BCUT2D eigenvalue weighted by Crippen LogP contribution is -2.33. The Morgan fingerprint density at radius 3 is 2.53 bits per heavy atom. The molecular formula is C17H28ClN. The second-order valence-corrected chi connectivity index (χ2v) is 5.98. The second kappa shape index (κ2) is 9.39. The zero-order valence-electron chi connectivity index (χ0n) is 12.6. The van der Waals surface area contributed by atoms with Gasteiger partial charge in [0.05, 0.1) is 0 Å². The standard InChI is InChI=1S/C17H28ClN/c1-4-8-14(3)12-16(19-11-5-2)13-15-9-6-7-10-17(15)18/h6-7,9-10,14,16,19H,4-5,8,11-13H2,1-3H3. The fourth-order valence-corrected chi connectivity index (χ4v) is 2.83. The summed E-state index contributed by atoms with van der Waals surface area (Å²) in [4.78, 5) is 0. The normalized spacial score (nSPS) is 14.3. The molecule has 0 bridgehead atoms. The number of rotatable bonds is 9. The summed E-state index contributed by atoms with van der Waals surface area (Å²) in [7, 11) is 0. The van der Waals surface area contributed by atoms with Crippen molar-refractivity contribution in [3.05, 3.63) is 34.9 Å². The van der Waals surface area contributed by atoms with E-state index >= 15 is 0 Å². The molecule has 0 heterocycles. The van der Waals surface area contributed by atoms with Crippen molar-refractivity contribution in [1.82, 2.24) is 5.32 Å². The van der Waals surface area contributed by atoms with Crippen molar-refractivity contribution in [2.75, 3.05) is 6.54 Å². The zero-order valence-corrected chi connectivity index (χ0v) is 13.3. The molecular weight excluding hydrogens is 254 g/mol. The molecule has 1 nitrogen and oxygen atoms in total.